The first kappa shape index (κ1) is 30.3. The van der Waals surface area contributed by atoms with Gasteiger partial charge in [0.05, 0.1) is 0 Å². The lowest BCUT2D eigenvalue weighted by Crippen LogP contribution is -1.96. The second-order valence-corrected chi connectivity index (χ2v) is 12.7. The molecule has 0 N–H and O–H groups in total. The first-order chi connectivity index (χ1) is 25.3. The van der Waals surface area contributed by atoms with Crippen molar-refractivity contribution in [2.24, 2.45) is 9.98 Å². The van der Waals surface area contributed by atoms with Crippen LogP contribution in [0.3, 0.4) is 0 Å². The van der Waals surface area contributed by atoms with Gasteiger partial charge in [0.2, 0.25) is 0 Å². The molecule has 7 aromatic carbocycles. The van der Waals surface area contributed by atoms with E-state index in [1.807, 2.05) is 43.1 Å². The molecule has 0 aliphatic carbocycles. The maximum atomic E-state index is 4.58. The SMILES string of the molecule is C=N/C=C(\C=NC)c1c2ccccc2c(-c2cccc3c2ccc2c(-c4cccnc4)c4ccccc4c(-c4cccnc4)c23)c2ccccc12. The number of hydrogen-bond acceptors (Lipinski definition) is 4. The van der Waals surface area contributed by atoms with Gasteiger partial charge in [-0.2, -0.15) is 0 Å². The molecule has 0 unspecified atom stereocenters. The minimum absolute atomic E-state index is 0.922. The van der Waals surface area contributed by atoms with E-state index in [0.717, 1.165) is 33.0 Å². The maximum absolute atomic E-state index is 4.58. The van der Waals surface area contributed by atoms with Crippen molar-refractivity contribution >= 4 is 72.4 Å². The van der Waals surface area contributed by atoms with E-state index >= 15 is 0 Å². The van der Waals surface area contributed by atoms with Crippen molar-refractivity contribution in [3.05, 3.63) is 164 Å². The molecule has 0 saturated heterocycles. The molecule has 0 saturated carbocycles. The van der Waals surface area contributed by atoms with E-state index in [4.69, 9.17) is 0 Å². The van der Waals surface area contributed by atoms with Gasteiger partial charge in [0.15, 0.2) is 0 Å². The first-order valence-electron chi connectivity index (χ1n) is 17.0. The third kappa shape index (κ3) is 4.84. The summed E-state index contributed by atoms with van der Waals surface area (Å²) in [7, 11) is 1.79. The Morgan fingerprint density at radius 3 is 1.61 bits per heavy atom. The minimum Gasteiger partial charge on any atom is -0.296 e. The lowest BCUT2D eigenvalue weighted by molar-refractivity contribution is 1.33. The van der Waals surface area contributed by atoms with Crippen LogP contribution in [0.25, 0.3) is 92.8 Å². The number of fused-ring (bicyclic) bond motifs is 6. The number of pyridine rings is 2. The fourth-order valence-corrected chi connectivity index (χ4v) is 8.01. The predicted octanol–water partition coefficient (Wildman–Crippen LogP) is 12.0. The highest BCUT2D eigenvalue weighted by Gasteiger charge is 2.22. The molecule has 0 amide bonds. The molecule has 0 bridgehead atoms. The van der Waals surface area contributed by atoms with Gasteiger partial charge in [0.1, 0.15) is 0 Å². The zero-order valence-corrected chi connectivity index (χ0v) is 28.1. The van der Waals surface area contributed by atoms with Gasteiger partial charge < -0.3 is 0 Å². The molecule has 0 aliphatic rings. The molecular weight excluding hydrogens is 621 g/mol. The number of nitrogens with zero attached hydrogens (tertiary/aromatic N) is 4. The summed E-state index contributed by atoms with van der Waals surface area (Å²) in [5, 5.41) is 11.7. The molecule has 9 aromatic rings. The van der Waals surface area contributed by atoms with Crippen LogP contribution in [0.5, 0.6) is 0 Å². The predicted molar refractivity (Wildman–Crippen MR) is 218 cm³/mol. The zero-order chi connectivity index (χ0) is 34.3. The summed E-state index contributed by atoms with van der Waals surface area (Å²) in [6, 6.07) is 45.8. The standard InChI is InChI=1S/C47H32N4/c1-48-26-32(27-49-2)44-37-15-4-7-18-40(37)46(41-19-8-5-16-38(41)44)34-20-9-21-35-33(34)22-23-42-43(30-12-10-24-50-28-30)36-14-3-6-17-39(36)45(47(35)42)31-13-11-25-51-29-31/h3-29H,1H2,2H3/b32-26+,49-27?. The molecule has 0 aliphatic heterocycles. The Hall–Kier alpha value is -6.78. The van der Waals surface area contributed by atoms with Gasteiger partial charge in [-0.15, -0.1) is 0 Å². The van der Waals surface area contributed by atoms with Gasteiger partial charge in [-0.25, -0.2) is 0 Å². The Morgan fingerprint density at radius 2 is 1.04 bits per heavy atom. The average Bonchev–Trinajstić information content (AvgIpc) is 3.19. The van der Waals surface area contributed by atoms with Crippen molar-refractivity contribution in [1.29, 1.82) is 0 Å². The Balaban J connectivity index is 1.47. The number of hydrogen-bond donors (Lipinski definition) is 0. The molecule has 51 heavy (non-hydrogen) atoms. The fourth-order valence-electron chi connectivity index (χ4n) is 8.01. The Bertz CT molecular complexity index is 2810. The molecule has 4 nitrogen and oxygen atoms in total. The van der Waals surface area contributed by atoms with Crippen LogP contribution in [0.1, 0.15) is 5.56 Å². The van der Waals surface area contributed by atoms with Crippen LogP contribution >= 0.6 is 0 Å². The lowest BCUT2D eigenvalue weighted by atomic mass is 9.82. The number of allylic oxidation sites excluding steroid dienone is 1. The molecule has 2 aromatic heterocycles. The van der Waals surface area contributed by atoms with Crippen LogP contribution in [-0.4, -0.2) is 29.9 Å². The summed E-state index contributed by atoms with van der Waals surface area (Å²) in [6.07, 6.45) is 11.3. The number of aromatic nitrogens is 2. The van der Waals surface area contributed by atoms with Crippen LogP contribution in [0.15, 0.2) is 168 Å². The van der Waals surface area contributed by atoms with Gasteiger partial charge in [-0.3, -0.25) is 20.0 Å². The molecule has 0 radical (unpaired) electrons. The van der Waals surface area contributed by atoms with Crippen LogP contribution in [0.2, 0.25) is 0 Å². The second kappa shape index (κ2) is 12.6. The molecule has 4 heteroatoms. The molecule has 0 fully saturated rings. The van der Waals surface area contributed by atoms with E-state index < -0.39 is 0 Å². The number of benzene rings is 7. The zero-order valence-electron chi connectivity index (χ0n) is 28.1. The fraction of sp³-hybridized carbons (Fsp3) is 0.0213. The van der Waals surface area contributed by atoms with Crippen LogP contribution in [0.4, 0.5) is 0 Å². The molecule has 2 heterocycles. The third-order valence-electron chi connectivity index (χ3n) is 9.94. The van der Waals surface area contributed by atoms with Gasteiger partial charge >= 0.3 is 0 Å². The van der Waals surface area contributed by atoms with Crippen LogP contribution in [-0.2, 0) is 0 Å². The van der Waals surface area contributed by atoms with Crippen molar-refractivity contribution in [1.82, 2.24) is 9.97 Å². The Morgan fingerprint density at radius 1 is 0.510 bits per heavy atom. The maximum Gasteiger partial charge on any atom is 0.0354 e. The first-order valence-corrected chi connectivity index (χ1v) is 17.0. The van der Waals surface area contributed by atoms with E-state index in [-0.39, 0.29) is 0 Å². The monoisotopic (exact) mass is 652 g/mol. The third-order valence-corrected chi connectivity index (χ3v) is 9.94. The summed E-state index contributed by atoms with van der Waals surface area (Å²) < 4.78 is 0. The molecular formula is C47H32N4. The molecule has 0 spiro atoms. The largest absolute Gasteiger partial charge is 0.296 e. The van der Waals surface area contributed by atoms with Crippen LogP contribution in [0, 0.1) is 0 Å². The van der Waals surface area contributed by atoms with Gasteiger partial charge in [0, 0.05) is 66.5 Å². The van der Waals surface area contributed by atoms with Crippen molar-refractivity contribution in [2.75, 3.05) is 7.05 Å². The highest BCUT2D eigenvalue weighted by molar-refractivity contribution is 6.31. The number of aliphatic imine (C=N–C) groups is 2. The second-order valence-electron chi connectivity index (χ2n) is 12.7. The smallest absolute Gasteiger partial charge is 0.0354 e. The highest BCUT2D eigenvalue weighted by Crippen LogP contribution is 2.49. The normalized spacial score (nSPS) is 12.1. The van der Waals surface area contributed by atoms with Gasteiger partial charge in [0.25, 0.3) is 0 Å². The molecule has 0 atom stereocenters. The Kier molecular flexibility index (Phi) is 7.48. The molecule has 9 rings (SSSR count). The van der Waals surface area contributed by atoms with E-state index in [0.29, 0.717) is 0 Å². The Labute approximate surface area is 295 Å². The molecule has 240 valence electrons. The highest BCUT2D eigenvalue weighted by atomic mass is 14.7. The van der Waals surface area contributed by atoms with E-state index in [1.54, 1.807) is 13.2 Å². The minimum atomic E-state index is 0.922. The van der Waals surface area contributed by atoms with Crippen molar-refractivity contribution in [3.8, 4) is 33.4 Å². The number of rotatable bonds is 6. The summed E-state index contributed by atoms with van der Waals surface area (Å²) in [4.78, 5) is 17.7. The summed E-state index contributed by atoms with van der Waals surface area (Å²) >= 11 is 0. The van der Waals surface area contributed by atoms with E-state index in [2.05, 4.69) is 142 Å². The lowest BCUT2D eigenvalue weighted by Gasteiger charge is -2.21. The summed E-state index contributed by atoms with van der Waals surface area (Å²) in [5.74, 6) is 0. The quantitative estimate of drug-likeness (QED) is 0.102. The van der Waals surface area contributed by atoms with E-state index in [1.165, 1.54) is 65.3 Å². The van der Waals surface area contributed by atoms with E-state index in [9.17, 15) is 0 Å². The van der Waals surface area contributed by atoms with Crippen molar-refractivity contribution in [3.63, 3.8) is 0 Å². The van der Waals surface area contributed by atoms with Crippen molar-refractivity contribution in [2.45, 2.75) is 0 Å². The van der Waals surface area contributed by atoms with Gasteiger partial charge in [-0.05, 0) is 95.0 Å². The summed E-state index contributed by atoms with van der Waals surface area (Å²) in [5.41, 5.74) is 8.94. The topological polar surface area (TPSA) is 50.5 Å². The van der Waals surface area contributed by atoms with Crippen LogP contribution < -0.4 is 0 Å². The average molecular weight is 653 g/mol. The van der Waals surface area contributed by atoms with Gasteiger partial charge in [-0.1, -0.05) is 115 Å². The van der Waals surface area contributed by atoms with Crippen molar-refractivity contribution < 1.29 is 0 Å². The summed E-state index contributed by atoms with van der Waals surface area (Å²) in [6.45, 7) is 3.77.